The van der Waals surface area contributed by atoms with Crippen molar-refractivity contribution in [1.82, 2.24) is 0 Å². The molecule has 0 bridgehead atoms. The van der Waals surface area contributed by atoms with E-state index in [4.69, 9.17) is 20.4 Å². The van der Waals surface area contributed by atoms with Gasteiger partial charge in [0.1, 0.15) is 13.2 Å². The Hall–Kier alpha value is -4.26. The quantitative estimate of drug-likeness (QED) is 0.0459. The molecule has 0 fully saturated rings. The van der Waals surface area contributed by atoms with Crippen LogP contribution in [-0.2, 0) is 57.3 Å². The average Bonchev–Trinajstić information content (AvgIpc) is 2.79. The van der Waals surface area contributed by atoms with Crippen molar-refractivity contribution in [2.75, 3.05) is 26.4 Å². The molecule has 0 radical (unpaired) electrons. The van der Waals surface area contributed by atoms with Crippen LogP contribution in [0.3, 0.4) is 0 Å². The van der Waals surface area contributed by atoms with E-state index in [0.29, 0.717) is 0 Å². The number of hydrogen-bond donors (Lipinski definition) is 6. The topological polar surface area (TPSA) is 295 Å². The van der Waals surface area contributed by atoms with Gasteiger partial charge in [-0.3, -0.25) is 19.2 Å². The molecule has 0 aliphatic rings. The number of carboxylic acid groups (broad SMARTS) is 2. The van der Waals surface area contributed by atoms with Gasteiger partial charge in [-0.05, 0) is 0 Å². The number of carbonyl (C=O) groups is 8. The highest BCUT2D eigenvalue weighted by Crippen LogP contribution is 2.19. The van der Waals surface area contributed by atoms with Crippen LogP contribution in [0, 0.1) is 0 Å². The number of ether oxygens (including phenoxy) is 4. The van der Waals surface area contributed by atoms with Crippen LogP contribution in [-0.4, -0.2) is 116 Å². The lowest BCUT2D eigenvalue weighted by Gasteiger charge is -2.21. The van der Waals surface area contributed by atoms with E-state index in [-0.39, 0.29) is 12.2 Å². The molecule has 0 heterocycles. The van der Waals surface area contributed by atoms with Crippen molar-refractivity contribution in [3.63, 3.8) is 0 Å². The zero-order valence-electron chi connectivity index (χ0n) is 19.4. The lowest BCUT2D eigenvalue weighted by atomic mass is 9.96. The van der Waals surface area contributed by atoms with Crippen molar-refractivity contribution in [2.45, 2.75) is 36.9 Å². The van der Waals surface area contributed by atoms with Crippen LogP contribution in [0.1, 0.15) is 25.7 Å². The predicted molar refractivity (Wildman–Crippen MR) is 111 cm³/mol. The highest BCUT2D eigenvalue weighted by Gasteiger charge is 2.43. The monoisotopic (exact) mass is 552 g/mol. The number of hydrogen-bond acceptors (Lipinski definition) is 16. The molecule has 38 heavy (non-hydrogen) atoms. The Bertz CT molecular complexity index is 891. The maximum absolute atomic E-state index is 11.8. The number of aliphatic hydroxyl groups excluding tert-OH is 2. The highest BCUT2D eigenvalue weighted by molar-refractivity contribution is 6.00. The van der Waals surface area contributed by atoms with Gasteiger partial charge < -0.3 is 49.6 Å². The molecule has 2 unspecified atom stereocenters. The molecule has 0 saturated carbocycles. The molecule has 0 aliphatic heterocycles. The van der Waals surface area contributed by atoms with E-state index in [1.165, 1.54) is 0 Å². The van der Waals surface area contributed by atoms with E-state index in [2.05, 4.69) is 18.9 Å². The highest BCUT2D eigenvalue weighted by atomic mass is 16.6. The second kappa shape index (κ2) is 15.8. The molecule has 0 aliphatic carbocycles. The Labute approximate surface area is 211 Å². The normalized spacial score (nSPS) is 13.9. The van der Waals surface area contributed by atoms with Crippen molar-refractivity contribution in [2.24, 2.45) is 0 Å². The van der Waals surface area contributed by atoms with E-state index in [0.717, 1.165) is 0 Å². The van der Waals surface area contributed by atoms with Gasteiger partial charge in [0, 0.05) is 12.2 Å². The minimum Gasteiger partial charge on any atom is -0.479 e. The van der Waals surface area contributed by atoms with Crippen LogP contribution in [0.15, 0.2) is 12.2 Å². The van der Waals surface area contributed by atoms with Gasteiger partial charge in [-0.1, -0.05) is 0 Å². The standard InChI is InChI=1S/C20H24O18/c21-3-5-35-13(25)7-19(33,17(29)30)9-15(27)37-11(23)1-2-12(24)38-16(28)10-20(34,18(31)32)8-14(26)36-6-4-22/h1-2,21-22,33-34H,3-10H2,(H,29,30)(H,31,32)/b2-1-. The summed E-state index contributed by atoms with van der Waals surface area (Å²) in [6, 6.07) is 0. The lowest BCUT2D eigenvalue weighted by Crippen LogP contribution is -2.43. The minimum absolute atomic E-state index is 0.221. The van der Waals surface area contributed by atoms with E-state index in [1.807, 2.05) is 0 Å². The largest absolute Gasteiger partial charge is 0.479 e. The average molecular weight is 552 g/mol. The summed E-state index contributed by atoms with van der Waals surface area (Å²) < 4.78 is 17.0. The SMILES string of the molecule is O=C(/C=C\C(=O)OC(=O)CC(O)(CC(=O)OCCO)C(=O)O)OC(=O)CC(O)(CC(=O)OCCO)C(=O)O. The molecule has 0 amide bonds. The molecule has 2 atom stereocenters. The maximum Gasteiger partial charge on any atom is 0.338 e. The van der Waals surface area contributed by atoms with E-state index < -0.39 is 111 Å². The van der Waals surface area contributed by atoms with Gasteiger partial charge in [-0.15, -0.1) is 0 Å². The number of carbonyl (C=O) groups excluding carboxylic acids is 6. The number of rotatable bonds is 16. The molecule has 0 rings (SSSR count). The van der Waals surface area contributed by atoms with Gasteiger partial charge in [0.05, 0.1) is 38.9 Å². The van der Waals surface area contributed by atoms with E-state index in [1.54, 1.807) is 0 Å². The molecule has 0 aromatic rings. The van der Waals surface area contributed by atoms with Gasteiger partial charge in [-0.2, -0.15) is 0 Å². The molecule has 0 saturated heterocycles. The first kappa shape index (κ1) is 33.7. The van der Waals surface area contributed by atoms with Crippen molar-refractivity contribution in [1.29, 1.82) is 0 Å². The Morgan fingerprint density at radius 2 is 0.842 bits per heavy atom. The molecule has 212 valence electrons. The molecular weight excluding hydrogens is 528 g/mol. The number of aliphatic carboxylic acids is 2. The first-order valence-electron chi connectivity index (χ1n) is 10.2. The Morgan fingerprint density at radius 3 is 1.11 bits per heavy atom. The first-order chi connectivity index (χ1) is 17.6. The van der Waals surface area contributed by atoms with Gasteiger partial charge in [-0.25, -0.2) is 19.2 Å². The van der Waals surface area contributed by atoms with Crippen LogP contribution in [0.2, 0.25) is 0 Å². The van der Waals surface area contributed by atoms with Crippen molar-refractivity contribution < 1.29 is 87.9 Å². The van der Waals surface area contributed by atoms with Crippen LogP contribution < -0.4 is 0 Å². The summed E-state index contributed by atoms with van der Waals surface area (Å²) in [5, 5.41) is 55.2. The first-order valence-corrected chi connectivity index (χ1v) is 10.2. The van der Waals surface area contributed by atoms with Gasteiger partial charge in [0.15, 0.2) is 11.2 Å². The second-order valence-corrected chi connectivity index (χ2v) is 7.19. The summed E-state index contributed by atoms with van der Waals surface area (Å²) >= 11 is 0. The third-order valence-electron chi connectivity index (χ3n) is 4.04. The summed E-state index contributed by atoms with van der Waals surface area (Å²) in [6.45, 7) is -2.25. The van der Waals surface area contributed by atoms with Gasteiger partial charge >= 0.3 is 47.8 Å². The molecular formula is C20H24O18. The molecule has 18 nitrogen and oxygen atoms in total. The molecule has 18 heteroatoms. The Morgan fingerprint density at radius 1 is 0.553 bits per heavy atom. The fourth-order valence-corrected chi connectivity index (χ4v) is 2.30. The lowest BCUT2D eigenvalue weighted by molar-refractivity contribution is -0.175. The number of aliphatic hydroxyl groups is 4. The zero-order valence-corrected chi connectivity index (χ0v) is 19.4. The Balaban J connectivity index is 4.98. The second-order valence-electron chi connectivity index (χ2n) is 7.19. The number of carboxylic acids is 2. The van der Waals surface area contributed by atoms with Crippen LogP contribution in [0.5, 0.6) is 0 Å². The summed E-state index contributed by atoms with van der Waals surface area (Å²) in [6.07, 6.45) is -4.91. The molecule has 6 N–H and O–H groups in total. The zero-order chi connectivity index (χ0) is 29.5. The van der Waals surface area contributed by atoms with Crippen molar-refractivity contribution in [3.05, 3.63) is 12.2 Å². The molecule has 0 aromatic carbocycles. The maximum atomic E-state index is 11.8. The summed E-state index contributed by atoms with van der Waals surface area (Å²) in [5.41, 5.74) is -6.10. The Kier molecular flexibility index (Phi) is 14.0. The van der Waals surface area contributed by atoms with E-state index in [9.17, 15) is 48.6 Å². The molecule has 0 spiro atoms. The predicted octanol–water partition coefficient (Wildman–Crippen LogP) is -4.05. The van der Waals surface area contributed by atoms with Crippen molar-refractivity contribution in [3.8, 4) is 0 Å². The van der Waals surface area contributed by atoms with Gasteiger partial charge in [0.25, 0.3) is 0 Å². The van der Waals surface area contributed by atoms with Crippen molar-refractivity contribution >= 4 is 47.8 Å². The summed E-state index contributed by atoms with van der Waals surface area (Å²) in [5.74, 6) is -13.3. The summed E-state index contributed by atoms with van der Waals surface area (Å²) in [7, 11) is 0. The van der Waals surface area contributed by atoms with Crippen LogP contribution in [0.4, 0.5) is 0 Å². The summed E-state index contributed by atoms with van der Waals surface area (Å²) in [4.78, 5) is 92.2. The van der Waals surface area contributed by atoms with Gasteiger partial charge in [0.2, 0.25) is 0 Å². The third kappa shape index (κ3) is 12.6. The van der Waals surface area contributed by atoms with E-state index >= 15 is 0 Å². The third-order valence-corrected chi connectivity index (χ3v) is 4.04. The fraction of sp³-hybridized carbons (Fsp3) is 0.500. The smallest absolute Gasteiger partial charge is 0.338 e. The van der Waals surface area contributed by atoms with Crippen LogP contribution >= 0.6 is 0 Å². The number of esters is 6. The van der Waals surface area contributed by atoms with Crippen LogP contribution in [0.25, 0.3) is 0 Å². The minimum atomic E-state index is -3.05. The molecule has 0 aromatic heterocycles. The fourth-order valence-electron chi connectivity index (χ4n) is 2.30.